The van der Waals surface area contributed by atoms with Gasteiger partial charge < -0.3 is 5.32 Å². The average molecular weight is 322 g/mol. The molecule has 0 aromatic carbocycles. The summed E-state index contributed by atoms with van der Waals surface area (Å²) in [5.41, 5.74) is 0. The first-order valence-electron chi connectivity index (χ1n) is 8.34. The second kappa shape index (κ2) is 7.04. The van der Waals surface area contributed by atoms with Crippen LogP contribution < -0.4 is 5.32 Å². The van der Waals surface area contributed by atoms with Crippen molar-refractivity contribution in [1.82, 2.24) is 14.7 Å². The molecular formula is C16H26N4OS. The van der Waals surface area contributed by atoms with E-state index in [9.17, 15) is 4.79 Å². The van der Waals surface area contributed by atoms with Crippen LogP contribution in [0.4, 0.5) is 5.82 Å². The van der Waals surface area contributed by atoms with Crippen molar-refractivity contribution in [2.75, 3.05) is 24.2 Å². The Labute approximate surface area is 136 Å². The van der Waals surface area contributed by atoms with E-state index in [-0.39, 0.29) is 5.91 Å². The molecule has 0 spiro atoms. The van der Waals surface area contributed by atoms with E-state index in [4.69, 9.17) is 0 Å². The number of carbonyl (C=O) groups excluding carboxylic acids is 1. The molecule has 22 heavy (non-hydrogen) atoms. The molecule has 1 aliphatic carbocycles. The minimum absolute atomic E-state index is 0.0747. The molecule has 1 amide bonds. The SMILES string of the molecule is CC1SCCN(CC(=O)Nc2ccnn2C2CCCC2)C1C. The molecular weight excluding hydrogens is 296 g/mol. The molecule has 0 bridgehead atoms. The Bertz CT molecular complexity index is 512. The van der Waals surface area contributed by atoms with Crippen LogP contribution in [0.1, 0.15) is 45.6 Å². The molecule has 3 rings (SSSR count). The Hall–Kier alpha value is -1.01. The summed E-state index contributed by atoms with van der Waals surface area (Å²) in [4.78, 5) is 14.7. The molecule has 1 aliphatic heterocycles. The van der Waals surface area contributed by atoms with Gasteiger partial charge in [-0.25, -0.2) is 4.68 Å². The first-order chi connectivity index (χ1) is 10.6. The molecule has 1 saturated carbocycles. The standard InChI is InChI=1S/C16H26N4OS/c1-12-13(2)22-10-9-19(12)11-16(21)18-15-7-8-17-20(15)14-5-3-4-6-14/h7-8,12-14H,3-6,9-11H2,1-2H3,(H,18,21). The van der Waals surface area contributed by atoms with Crippen LogP contribution in [0.25, 0.3) is 0 Å². The van der Waals surface area contributed by atoms with Crippen molar-refractivity contribution in [3.05, 3.63) is 12.3 Å². The number of carbonyl (C=O) groups is 1. The lowest BCUT2D eigenvalue weighted by atomic mass is 10.2. The molecule has 0 radical (unpaired) electrons. The number of thioether (sulfide) groups is 1. The number of anilines is 1. The summed E-state index contributed by atoms with van der Waals surface area (Å²) in [6.45, 7) is 5.93. The van der Waals surface area contributed by atoms with Crippen LogP contribution in [0.2, 0.25) is 0 Å². The third kappa shape index (κ3) is 3.49. The summed E-state index contributed by atoms with van der Waals surface area (Å²) in [6.07, 6.45) is 6.65. The number of nitrogens with zero attached hydrogens (tertiary/aromatic N) is 3. The van der Waals surface area contributed by atoms with E-state index in [1.165, 1.54) is 25.7 Å². The number of hydrogen-bond donors (Lipinski definition) is 1. The first kappa shape index (κ1) is 15.9. The maximum atomic E-state index is 12.4. The Balaban J connectivity index is 1.59. The van der Waals surface area contributed by atoms with E-state index in [1.54, 1.807) is 6.20 Å². The van der Waals surface area contributed by atoms with Gasteiger partial charge in [0.15, 0.2) is 0 Å². The van der Waals surface area contributed by atoms with Crippen LogP contribution >= 0.6 is 11.8 Å². The predicted molar refractivity (Wildman–Crippen MR) is 91.3 cm³/mol. The van der Waals surface area contributed by atoms with Gasteiger partial charge in [0, 0.05) is 29.7 Å². The highest BCUT2D eigenvalue weighted by Gasteiger charge is 2.27. The molecule has 2 aliphatic rings. The maximum absolute atomic E-state index is 12.4. The van der Waals surface area contributed by atoms with Crippen LogP contribution in [0, 0.1) is 0 Å². The monoisotopic (exact) mass is 322 g/mol. The molecule has 1 aromatic heterocycles. The zero-order chi connectivity index (χ0) is 15.5. The van der Waals surface area contributed by atoms with Gasteiger partial charge in [-0.2, -0.15) is 16.9 Å². The number of rotatable bonds is 4. The number of nitrogens with one attached hydrogen (secondary N) is 1. The van der Waals surface area contributed by atoms with Crippen LogP contribution in [-0.4, -0.2) is 50.7 Å². The normalized spacial score (nSPS) is 27.2. The van der Waals surface area contributed by atoms with Crippen molar-refractivity contribution < 1.29 is 4.79 Å². The van der Waals surface area contributed by atoms with E-state index in [0.29, 0.717) is 23.9 Å². The van der Waals surface area contributed by atoms with Crippen molar-refractivity contribution in [1.29, 1.82) is 0 Å². The van der Waals surface area contributed by atoms with Crippen molar-refractivity contribution in [3.8, 4) is 0 Å². The zero-order valence-electron chi connectivity index (χ0n) is 13.5. The minimum atomic E-state index is 0.0747. The highest BCUT2D eigenvalue weighted by atomic mass is 32.2. The molecule has 1 N–H and O–H groups in total. The smallest absolute Gasteiger partial charge is 0.239 e. The molecule has 1 aromatic rings. The number of hydrogen-bond acceptors (Lipinski definition) is 4. The van der Waals surface area contributed by atoms with Crippen LogP contribution in [-0.2, 0) is 4.79 Å². The molecule has 2 unspecified atom stereocenters. The van der Waals surface area contributed by atoms with E-state index >= 15 is 0 Å². The van der Waals surface area contributed by atoms with Gasteiger partial charge in [-0.1, -0.05) is 19.8 Å². The quantitative estimate of drug-likeness (QED) is 0.926. The Morgan fingerprint density at radius 1 is 1.41 bits per heavy atom. The molecule has 2 fully saturated rings. The second-order valence-corrected chi connectivity index (χ2v) is 7.92. The molecule has 2 heterocycles. The van der Waals surface area contributed by atoms with E-state index < -0.39 is 0 Å². The largest absolute Gasteiger partial charge is 0.310 e. The minimum Gasteiger partial charge on any atom is -0.310 e. The summed E-state index contributed by atoms with van der Waals surface area (Å²) < 4.78 is 2.00. The van der Waals surface area contributed by atoms with Gasteiger partial charge in [0.05, 0.1) is 18.8 Å². The highest BCUT2D eigenvalue weighted by Crippen LogP contribution is 2.31. The lowest BCUT2D eigenvalue weighted by Gasteiger charge is -2.36. The zero-order valence-corrected chi connectivity index (χ0v) is 14.3. The fraction of sp³-hybridized carbons (Fsp3) is 0.750. The van der Waals surface area contributed by atoms with Gasteiger partial charge in [-0.15, -0.1) is 0 Å². The van der Waals surface area contributed by atoms with Gasteiger partial charge in [0.25, 0.3) is 0 Å². The Morgan fingerprint density at radius 2 is 2.18 bits per heavy atom. The van der Waals surface area contributed by atoms with E-state index in [1.807, 2.05) is 22.5 Å². The number of aromatic nitrogens is 2. The number of amides is 1. The van der Waals surface area contributed by atoms with Gasteiger partial charge >= 0.3 is 0 Å². The third-order valence-corrected chi connectivity index (χ3v) is 6.31. The van der Waals surface area contributed by atoms with E-state index in [0.717, 1.165) is 18.1 Å². The van der Waals surface area contributed by atoms with Gasteiger partial charge in [0.1, 0.15) is 5.82 Å². The highest BCUT2D eigenvalue weighted by molar-refractivity contribution is 8.00. The van der Waals surface area contributed by atoms with Crippen LogP contribution in [0.15, 0.2) is 12.3 Å². The summed E-state index contributed by atoms with van der Waals surface area (Å²) in [7, 11) is 0. The molecule has 2 atom stereocenters. The van der Waals surface area contributed by atoms with E-state index in [2.05, 4.69) is 29.2 Å². The topological polar surface area (TPSA) is 50.2 Å². The summed E-state index contributed by atoms with van der Waals surface area (Å²) in [6, 6.07) is 2.81. The first-order valence-corrected chi connectivity index (χ1v) is 9.39. The molecule has 5 nitrogen and oxygen atoms in total. The van der Waals surface area contributed by atoms with Crippen LogP contribution in [0.5, 0.6) is 0 Å². The van der Waals surface area contributed by atoms with Crippen molar-refractivity contribution in [2.45, 2.75) is 56.9 Å². The van der Waals surface area contributed by atoms with Crippen molar-refractivity contribution in [2.24, 2.45) is 0 Å². The Morgan fingerprint density at radius 3 is 2.95 bits per heavy atom. The molecule has 1 saturated heterocycles. The second-order valence-electron chi connectivity index (χ2n) is 6.43. The molecule has 6 heteroatoms. The van der Waals surface area contributed by atoms with Gasteiger partial charge in [0.2, 0.25) is 5.91 Å². The lowest BCUT2D eigenvalue weighted by Crippen LogP contribution is -2.47. The third-order valence-electron chi connectivity index (χ3n) is 4.97. The summed E-state index contributed by atoms with van der Waals surface area (Å²) in [5, 5.41) is 8.06. The van der Waals surface area contributed by atoms with Gasteiger partial charge in [-0.3, -0.25) is 9.69 Å². The fourth-order valence-corrected chi connectivity index (χ4v) is 4.60. The maximum Gasteiger partial charge on any atom is 0.239 e. The summed E-state index contributed by atoms with van der Waals surface area (Å²) >= 11 is 1.99. The molecule has 122 valence electrons. The Kier molecular flexibility index (Phi) is 5.08. The van der Waals surface area contributed by atoms with Crippen molar-refractivity contribution in [3.63, 3.8) is 0 Å². The van der Waals surface area contributed by atoms with Gasteiger partial charge in [-0.05, 0) is 19.8 Å². The fourth-order valence-electron chi connectivity index (χ4n) is 3.44. The van der Waals surface area contributed by atoms with Crippen LogP contribution in [0.3, 0.4) is 0 Å². The predicted octanol–water partition coefficient (Wildman–Crippen LogP) is 2.76. The van der Waals surface area contributed by atoms with Crippen molar-refractivity contribution >= 4 is 23.5 Å². The lowest BCUT2D eigenvalue weighted by molar-refractivity contribution is -0.117. The average Bonchev–Trinajstić information content (AvgIpc) is 3.14. The summed E-state index contributed by atoms with van der Waals surface area (Å²) in [5.74, 6) is 2.04.